The Balaban J connectivity index is 1.78. The van der Waals surface area contributed by atoms with Gasteiger partial charge in [0.15, 0.2) is 0 Å². The molecule has 2 aliphatic rings. The van der Waals surface area contributed by atoms with E-state index in [1.165, 1.54) is 30.5 Å². The van der Waals surface area contributed by atoms with Gasteiger partial charge in [0.2, 0.25) is 0 Å². The minimum Gasteiger partial charge on any atom is -0.478 e. The summed E-state index contributed by atoms with van der Waals surface area (Å²) in [5.41, 5.74) is 3.77. The van der Waals surface area contributed by atoms with Gasteiger partial charge in [-0.05, 0) is 69.5 Å². The van der Waals surface area contributed by atoms with Crippen molar-refractivity contribution in [3.8, 4) is 5.69 Å². The number of likely N-dealkylation sites (tertiary alicyclic amines) is 1. The minimum absolute atomic E-state index is 0.301. The van der Waals surface area contributed by atoms with Crippen LogP contribution < -0.4 is 5.32 Å². The van der Waals surface area contributed by atoms with Crippen molar-refractivity contribution in [3.63, 3.8) is 0 Å². The third-order valence-electron chi connectivity index (χ3n) is 5.85. The largest absolute Gasteiger partial charge is 0.478 e. The van der Waals surface area contributed by atoms with Gasteiger partial charge >= 0.3 is 5.97 Å². The summed E-state index contributed by atoms with van der Waals surface area (Å²) in [7, 11) is 0. The first-order valence-electron chi connectivity index (χ1n) is 10.1. The number of anilines is 1. The second kappa shape index (κ2) is 7.72. The van der Waals surface area contributed by atoms with Crippen LogP contribution in [0.4, 0.5) is 5.82 Å². The zero-order chi connectivity index (χ0) is 18.8. The lowest BCUT2D eigenvalue weighted by atomic mass is 9.95. The highest BCUT2D eigenvalue weighted by atomic mass is 16.4. The Kier molecular flexibility index (Phi) is 5.16. The van der Waals surface area contributed by atoms with Gasteiger partial charge in [-0.2, -0.15) is 5.10 Å². The maximum Gasteiger partial charge on any atom is 0.335 e. The molecule has 27 heavy (non-hydrogen) atoms. The topological polar surface area (TPSA) is 70.4 Å². The van der Waals surface area contributed by atoms with Crippen molar-refractivity contribution in [2.45, 2.75) is 51.5 Å². The highest BCUT2D eigenvalue weighted by molar-refractivity contribution is 5.87. The molecule has 1 saturated heterocycles. The fourth-order valence-corrected chi connectivity index (χ4v) is 4.41. The molecule has 0 spiro atoms. The van der Waals surface area contributed by atoms with Crippen LogP contribution >= 0.6 is 0 Å². The Bertz CT molecular complexity index is 812. The zero-order valence-corrected chi connectivity index (χ0v) is 15.9. The summed E-state index contributed by atoms with van der Waals surface area (Å²) in [6, 6.07) is 7.40. The molecule has 0 saturated carbocycles. The summed E-state index contributed by atoms with van der Waals surface area (Å²) < 4.78 is 1.99. The van der Waals surface area contributed by atoms with Gasteiger partial charge in [-0.25, -0.2) is 9.48 Å². The van der Waals surface area contributed by atoms with E-state index in [1.54, 1.807) is 12.1 Å². The molecule has 6 nitrogen and oxygen atoms in total. The Labute approximate surface area is 160 Å². The highest BCUT2D eigenvalue weighted by Gasteiger charge is 2.30. The van der Waals surface area contributed by atoms with Gasteiger partial charge in [0.05, 0.1) is 23.0 Å². The summed E-state index contributed by atoms with van der Waals surface area (Å²) in [5, 5.41) is 17.8. The van der Waals surface area contributed by atoms with E-state index < -0.39 is 5.97 Å². The zero-order valence-electron chi connectivity index (χ0n) is 15.9. The number of hydrogen-bond acceptors (Lipinski definition) is 4. The predicted molar refractivity (Wildman–Crippen MR) is 106 cm³/mol. The van der Waals surface area contributed by atoms with Crippen molar-refractivity contribution in [2.75, 3.05) is 25.0 Å². The van der Waals surface area contributed by atoms with Crippen molar-refractivity contribution in [3.05, 3.63) is 41.1 Å². The van der Waals surface area contributed by atoms with E-state index in [2.05, 4.69) is 17.1 Å². The van der Waals surface area contributed by atoms with Crippen LogP contribution in [-0.4, -0.2) is 45.4 Å². The van der Waals surface area contributed by atoms with Crippen LogP contribution in [0.5, 0.6) is 0 Å². The second-order valence-corrected chi connectivity index (χ2v) is 7.50. The van der Waals surface area contributed by atoms with Crippen LogP contribution in [0.3, 0.4) is 0 Å². The van der Waals surface area contributed by atoms with Crippen molar-refractivity contribution in [1.29, 1.82) is 0 Å². The fraction of sp³-hybridized carbons (Fsp3) is 0.524. The molecular formula is C21H28N4O2. The normalized spacial score (nSPS) is 20.6. The van der Waals surface area contributed by atoms with E-state index in [0.29, 0.717) is 11.6 Å². The number of fused-ring (bicyclic) bond motifs is 1. The van der Waals surface area contributed by atoms with Gasteiger partial charge < -0.3 is 10.4 Å². The molecule has 0 radical (unpaired) electrons. The summed E-state index contributed by atoms with van der Waals surface area (Å²) in [6.07, 6.45) is 7.07. The fourth-order valence-electron chi connectivity index (χ4n) is 4.41. The highest BCUT2D eigenvalue weighted by Crippen LogP contribution is 2.37. The number of carbonyl (C=O) groups is 1. The first kappa shape index (κ1) is 18.0. The summed E-state index contributed by atoms with van der Waals surface area (Å²) in [4.78, 5) is 13.7. The molecule has 1 aromatic heterocycles. The van der Waals surface area contributed by atoms with Crippen LogP contribution in [0, 0.1) is 0 Å². The van der Waals surface area contributed by atoms with E-state index in [9.17, 15) is 4.79 Å². The summed E-state index contributed by atoms with van der Waals surface area (Å²) >= 11 is 0. The van der Waals surface area contributed by atoms with Crippen molar-refractivity contribution >= 4 is 11.8 Å². The van der Waals surface area contributed by atoms with Gasteiger partial charge in [-0.3, -0.25) is 4.90 Å². The molecule has 144 valence electrons. The van der Waals surface area contributed by atoms with Gasteiger partial charge in [-0.15, -0.1) is 0 Å². The molecule has 1 unspecified atom stereocenters. The van der Waals surface area contributed by atoms with Crippen LogP contribution in [0.1, 0.15) is 66.7 Å². The molecule has 1 aromatic carbocycles. The number of carboxylic acids is 1. The lowest BCUT2D eigenvalue weighted by Gasteiger charge is -2.34. The van der Waals surface area contributed by atoms with E-state index in [1.807, 2.05) is 16.8 Å². The predicted octanol–water partition coefficient (Wildman–Crippen LogP) is 3.87. The molecule has 3 heterocycles. The standard InChI is InChI=1S/C21H28N4O2/c1-2-24-14-6-4-8-18(24)19-17-7-3-5-13-22-20(17)25(23-19)16-11-9-15(10-12-16)21(26)27/h9-12,18,22H,2-8,13-14H2,1H3,(H,26,27). The number of benzene rings is 1. The average molecular weight is 368 g/mol. The monoisotopic (exact) mass is 368 g/mol. The molecule has 4 rings (SSSR count). The Morgan fingerprint density at radius 3 is 2.78 bits per heavy atom. The first-order valence-corrected chi connectivity index (χ1v) is 10.1. The van der Waals surface area contributed by atoms with Crippen LogP contribution in [0.2, 0.25) is 0 Å². The molecular weight excluding hydrogens is 340 g/mol. The third kappa shape index (κ3) is 3.46. The smallest absolute Gasteiger partial charge is 0.335 e. The molecule has 0 aliphatic carbocycles. The van der Waals surface area contributed by atoms with E-state index in [-0.39, 0.29) is 0 Å². The summed E-state index contributed by atoms with van der Waals surface area (Å²) in [5.74, 6) is 0.188. The van der Waals surface area contributed by atoms with E-state index in [0.717, 1.165) is 50.4 Å². The number of aromatic nitrogens is 2. The number of carboxylic acid groups (broad SMARTS) is 1. The maximum atomic E-state index is 11.2. The van der Waals surface area contributed by atoms with Gasteiger partial charge in [0.1, 0.15) is 5.82 Å². The lowest BCUT2D eigenvalue weighted by molar-refractivity contribution is 0.0697. The van der Waals surface area contributed by atoms with Gasteiger partial charge in [-0.1, -0.05) is 13.3 Å². The number of hydrogen-bond donors (Lipinski definition) is 2. The van der Waals surface area contributed by atoms with Crippen molar-refractivity contribution in [2.24, 2.45) is 0 Å². The second-order valence-electron chi connectivity index (χ2n) is 7.50. The third-order valence-corrected chi connectivity index (χ3v) is 5.85. The molecule has 6 heteroatoms. The summed E-state index contributed by atoms with van der Waals surface area (Å²) in [6.45, 7) is 5.38. The van der Waals surface area contributed by atoms with Crippen LogP contribution in [-0.2, 0) is 6.42 Å². The van der Waals surface area contributed by atoms with E-state index in [4.69, 9.17) is 10.2 Å². The first-order chi connectivity index (χ1) is 13.2. The van der Waals surface area contributed by atoms with Crippen LogP contribution in [0.15, 0.2) is 24.3 Å². The number of nitrogens with zero attached hydrogens (tertiary/aromatic N) is 3. The molecule has 1 atom stereocenters. The van der Waals surface area contributed by atoms with Gasteiger partial charge in [0.25, 0.3) is 0 Å². The van der Waals surface area contributed by atoms with Crippen molar-refractivity contribution in [1.82, 2.24) is 14.7 Å². The average Bonchev–Trinajstić information content (AvgIpc) is 2.88. The molecule has 2 aliphatic heterocycles. The SMILES string of the molecule is CCN1CCCCC1c1nn(-c2ccc(C(=O)O)cc2)c2c1CCCCN2. The van der Waals surface area contributed by atoms with Crippen LogP contribution in [0.25, 0.3) is 5.69 Å². The maximum absolute atomic E-state index is 11.2. The molecule has 2 aromatic rings. The molecule has 0 amide bonds. The minimum atomic E-state index is -0.902. The van der Waals surface area contributed by atoms with Crippen molar-refractivity contribution < 1.29 is 9.90 Å². The Morgan fingerprint density at radius 1 is 1.22 bits per heavy atom. The Hall–Kier alpha value is -2.34. The van der Waals surface area contributed by atoms with E-state index >= 15 is 0 Å². The quantitative estimate of drug-likeness (QED) is 0.857. The number of nitrogens with one attached hydrogen (secondary N) is 1. The van der Waals surface area contributed by atoms with Gasteiger partial charge in [0, 0.05) is 12.1 Å². The number of rotatable bonds is 4. The molecule has 1 fully saturated rings. The lowest BCUT2D eigenvalue weighted by Crippen LogP contribution is -2.33. The molecule has 2 N–H and O–H groups in total. The number of aromatic carboxylic acids is 1. The number of piperidine rings is 1. The Morgan fingerprint density at radius 2 is 2.04 bits per heavy atom. The molecule has 0 bridgehead atoms.